The van der Waals surface area contributed by atoms with Crippen LogP contribution in [0.15, 0.2) is 54.6 Å². The fourth-order valence-corrected chi connectivity index (χ4v) is 2.82. The number of anilines is 1. The van der Waals surface area contributed by atoms with Crippen LogP contribution in [-0.4, -0.2) is 5.54 Å². The van der Waals surface area contributed by atoms with Gasteiger partial charge in [-0.25, -0.2) is 0 Å². The second-order valence-electron chi connectivity index (χ2n) is 6.13. The monoisotopic (exact) mass is 279 g/mol. The third-order valence-corrected chi connectivity index (χ3v) is 3.71. The molecule has 0 saturated heterocycles. The van der Waals surface area contributed by atoms with Crippen LogP contribution < -0.4 is 10.1 Å². The normalized spacial score (nSPS) is 15.7. The lowest BCUT2D eigenvalue weighted by Crippen LogP contribution is -2.31. The Morgan fingerprint density at radius 2 is 1.76 bits per heavy atom. The minimum atomic E-state index is -0.0523. The number of hydrogen-bond donors (Lipinski definition) is 1. The van der Waals surface area contributed by atoms with Crippen molar-refractivity contribution in [3.8, 4) is 5.75 Å². The van der Waals surface area contributed by atoms with Crippen molar-refractivity contribution < 1.29 is 4.74 Å². The van der Waals surface area contributed by atoms with Crippen molar-refractivity contribution in [2.45, 2.75) is 32.9 Å². The Morgan fingerprint density at radius 3 is 2.52 bits per heavy atom. The summed E-state index contributed by atoms with van der Waals surface area (Å²) in [5.41, 5.74) is 4.73. The molecule has 2 aromatic rings. The van der Waals surface area contributed by atoms with Gasteiger partial charge in [-0.2, -0.15) is 0 Å². The Balaban J connectivity index is 1.88. The molecule has 1 heterocycles. The molecular weight excluding hydrogens is 258 g/mol. The molecule has 2 aromatic carbocycles. The summed E-state index contributed by atoms with van der Waals surface area (Å²) >= 11 is 0. The van der Waals surface area contributed by atoms with E-state index in [1.54, 1.807) is 0 Å². The number of allylic oxidation sites excluding steroid dienone is 1. The minimum absolute atomic E-state index is 0.0523. The Kier molecular flexibility index (Phi) is 3.46. The SMILES string of the molecule is CC1=CC(C)(C)Nc2c(OCc3ccccc3)cccc21. The lowest BCUT2D eigenvalue weighted by Gasteiger charge is -2.32. The van der Waals surface area contributed by atoms with E-state index in [-0.39, 0.29) is 5.54 Å². The van der Waals surface area contributed by atoms with E-state index in [4.69, 9.17) is 4.74 Å². The molecule has 0 saturated carbocycles. The van der Waals surface area contributed by atoms with Crippen molar-refractivity contribution in [2.24, 2.45) is 0 Å². The predicted octanol–water partition coefficient (Wildman–Crippen LogP) is 4.87. The van der Waals surface area contributed by atoms with E-state index in [0.717, 1.165) is 11.4 Å². The summed E-state index contributed by atoms with van der Waals surface area (Å²) in [7, 11) is 0. The zero-order valence-electron chi connectivity index (χ0n) is 12.8. The molecule has 108 valence electrons. The number of rotatable bonds is 3. The second-order valence-corrected chi connectivity index (χ2v) is 6.13. The van der Waals surface area contributed by atoms with Crippen LogP contribution in [0.4, 0.5) is 5.69 Å². The summed E-state index contributed by atoms with van der Waals surface area (Å²) in [5, 5.41) is 3.57. The van der Waals surface area contributed by atoms with Crippen LogP contribution in [0.3, 0.4) is 0 Å². The van der Waals surface area contributed by atoms with E-state index in [1.807, 2.05) is 24.3 Å². The van der Waals surface area contributed by atoms with Crippen LogP contribution in [0.25, 0.3) is 5.57 Å². The summed E-state index contributed by atoms with van der Waals surface area (Å²) in [5.74, 6) is 0.914. The van der Waals surface area contributed by atoms with Crippen molar-refractivity contribution in [3.63, 3.8) is 0 Å². The molecule has 1 aliphatic rings. The Labute approximate surface area is 126 Å². The van der Waals surface area contributed by atoms with Gasteiger partial charge in [-0.1, -0.05) is 48.5 Å². The van der Waals surface area contributed by atoms with Crippen molar-refractivity contribution in [3.05, 3.63) is 65.7 Å². The third-order valence-electron chi connectivity index (χ3n) is 3.71. The van der Waals surface area contributed by atoms with Gasteiger partial charge < -0.3 is 10.1 Å². The number of nitrogens with one attached hydrogen (secondary N) is 1. The summed E-state index contributed by atoms with van der Waals surface area (Å²) in [6.45, 7) is 7.09. The van der Waals surface area contributed by atoms with Gasteiger partial charge in [-0.3, -0.25) is 0 Å². The van der Waals surface area contributed by atoms with Crippen LogP contribution in [0.1, 0.15) is 31.9 Å². The molecule has 0 unspecified atom stereocenters. The number of hydrogen-bond acceptors (Lipinski definition) is 2. The van der Waals surface area contributed by atoms with Crippen LogP contribution in [0.5, 0.6) is 5.75 Å². The van der Waals surface area contributed by atoms with Gasteiger partial charge >= 0.3 is 0 Å². The molecular formula is C19H21NO. The highest BCUT2D eigenvalue weighted by Gasteiger charge is 2.24. The van der Waals surface area contributed by atoms with Crippen molar-refractivity contribution in [1.29, 1.82) is 0 Å². The van der Waals surface area contributed by atoms with Crippen molar-refractivity contribution in [1.82, 2.24) is 0 Å². The molecule has 3 rings (SSSR count). The van der Waals surface area contributed by atoms with Gasteiger partial charge in [0.25, 0.3) is 0 Å². The smallest absolute Gasteiger partial charge is 0.143 e. The van der Waals surface area contributed by atoms with E-state index in [1.165, 1.54) is 16.7 Å². The van der Waals surface area contributed by atoms with E-state index < -0.39 is 0 Å². The Morgan fingerprint density at radius 1 is 1.00 bits per heavy atom. The largest absolute Gasteiger partial charge is 0.487 e. The third kappa shape index (κ3) is 2.94. The average molecular weight is 279 g/mol. The summed E-state index contributed by atoms with van der Waals surface area (Å²) < 4.78 is 6.04. The van der Waals surface area contributed by atoms with E-state index in [0.29, 0.717) is 6.61 Å². The van der Waals surface area contributed by atoms with Crippen LogP contribution in [-0.2, 0) is 6.61 Å². The topological polar surface area (TPSA) is 21.3 Å². The number of para-hydroxylation sites is 1. The predicted molar refractivity (Wildman–Crippen MR) is 88.6 cm³/mol. The molecule has 0 radical (unpaired) electrons. The first-order valence-corrected chi connectivity index (χ1v) is 7.33. The molecule has 0 aliphatic carbocycles. The molecule has 0 bridgehead atoms. The molecule has 0 amide bonds. The lowest BCUT2D eigenvalue weighted by molar-refractivity contribution is 0.307. The van der Waals surface area contributed by atoms with Gasteiger partial charge in [-0.05, 0) is 38.0 Å². The van der Waals surface area contributed by atoms with Gasteiger partial charge in [0.1, 0.15) is 12.4 Å². The second kappa shape index (κ2) is 5.28. The van der Waals surface area contributed by atoms with Crippen LogP contribution in [0.2, 0.25) is 0 Å². The maximum atomic E-state index is 6.04. The maximum Gasteiger partial charge on any atom is 0.143 e. The molecule has 2 nitrogen and oxygen atoms in total. The number of benzene rings is 2. The van der Waals surface area contributed by atoms with E-state index >= 15 is 0 Å². The molecule has 0 aromatic heterocycles. The zero-order chi connectivity index (χ0) is 14.9. The van der Waals surface area contributed by atoms with Gasteiger partial charge in [0.15, 0.2) is 0 Å². The first kappa shape index (κ1) is 13.7. The number of ether oxygens (including phenoxy) is 1. The van der Waals surface area contributed by atoms with E-state index in [9.17, 15) is 0 Å². The summed E-state index contributed by atoms with van der Waals surface area (Å²) in [6, 6.07) is 16.5. The Hall–Kier alpha value is -2.22. The average Bonchev–Trinajstić information content (AvgIpc) is 2.45. The highest BCUT2D eigenvalue weighted by molar-refractivity contribution is 5.83. The first-order valence-electron chi connectivity index (χ1n) is 7.33. The lowest BCUT2D eigenvalue weighted by atomic mass is 9.91. The molecule has 0 fully saturated rings. The van der Waals surface area contributed by atoms with Crippen molar-refractivity contribution in [2.75, 3.05) is 5.32 Å². The molecule has 2 heteroatoms. The Bertz CT molecular complexity index is 671. The summed E-state index contributed by atoms with van der Waals surface area (Å²) in [4.78, 5) is 0. The molecule has 1 aliphatic heterocycles. The summed E-state index contributed by atoms with van der Waals surface area (Å²) in [6.07, 6.45) is 2.26. The van der Waals surface area contributed by atoms with Crippen LogP contribution in [0, 0.1) is 0 Å². The minimum Gasteiger partial charge on any atom is -0.487 e. The number of fused-ring (bicyclic) bond motifs is 1. The highest BCUT2D eigenvalue weighted by atomic mass is 16.5. The molecule has 1 N–H and O–H groups in total. The van der Waals surface area contributed by atoms with Crippen molar-refractivity contribution >= 4 is 11.3 Å². The van der Waals surface area contributed by atoms with Gasteiger partial charge in [0.2, 0.25) is 0 Å². The fourth-order valence-electron chi connectivity index (χ4n) is 2.82. The van der Waals surface area contributed by atoms with Gasteiger partial charge in [-0.15, -0.1) is 0 Å². The zero-order valence-corrected chi connectivity index (χ0v) is 12.8. The van der Waals surface area contributed by atoms with Gasteiger partial charge in [0.05, 0.1) is 11.2 Å². The highest BCUT2D eigenvalue weighted by Crippen LogP contribution is 2.39. The molecule has 0 atom stereocenters. The molecule has 21 heavy (non-hydrogen) atoms. The molecule has 0 spiro atoms. The van der Waals surface area contributed by atoms with E-state index in [2.05, 4.69) is 56.4 Å². The fraction of sp³-hybridized carbons (Fsp3) is 0.263. The standard InChI is InChI=1S/C19H21NO/c1-14-12-19(2,3)20-18-16(14)10-7-11-17(18)21-13-15-8-5-4-6-9-15/h4-12,20H,13H2,1-3H3. The van der Waals surface area contributed by atoms with Crippen LogP contribution >= 0.6 is 0 Å². The quantitative estimate of drug-likeness (QED) is 0.865. The van der Waals surface area contributed by atoms with Gasteiger partial charge in [0, 0.05) is 5.56 Å². The maximum absolute atomic E-state index is 6.04. The first-order chi connectivity index (χ1) is 10.1.